The van der Waals surface area contributed by atoms with Gasteiger partial charge < -0.3 is 14.5 Å². The molecule has 1 amide bonds. The molecule has 1 aromatic carbocycles. The van der Waals surface area contributed by atoms with Crippen LogP contribution in [0.3, 0.4) is 0 Å². The van der Waals surface area contributed by atoms with Gasteiger partial charge in [0, 0.05) is 37.1 Å². The van der Waals surface area contributed by atoms with Gasteiger partial charge in [0.15, 0.2) is 0 Å². The summed E-state index contributed by atoms with van der Waals surface area (Å²) >= 11 is 5.82. The van der Waals surface area contributed by atoms with Gasteiger partial charge in [-0.15, -0.1) is 10.2 Å². The summed E-state index contributed by atoms with van der Waals surface area (Å²) in [7, 11) is 1.59. The van der Waals surface area contributed by atoms with E-state index in [1.54, 1.807) is 31.4 Å². The Morgan fingerprint density at radius 3 is 2.81 bits per heavy atom. The van der Waals surface area contributed by atoms with Crippen molar-refractivity contribution in [3.8, 4) is 11.5 Å². The Morgan fingerprint density at radius 2 is 2.10 bits per heavy atom. The summed E-state index contributed by atoms with van der Waals surface area (Å²) in [5.74, 6) is 0.779. The number of nitrogens with zero attached hydrogens (tertiary/aromatic N) is 2. The highest BCUT2D eigenvalue weighted by atomic mass is 35.5. The number of carbonyl (C=O) groups excluding carboxylic acids is 1. The highest BCUT2D eigenvalue weighted by Gasteiger charge is 2.10. The SMILES string of the molecule is COCCNC(=O)CCc1nnc(-c2ccc(Cl)cc2)o1. The van der Waals surface area contributed by atoms with Crippen LogP contribution in [-0.2, 0) is 16.0 Å². The second-order valence-corrected chi connectivity index (χ2v) is 4.79. The molecule has 1 aromatic heterocycles. The first-order valence-electron chi connectivity index (χ1n) is 6.53. The third-order valence-corrected chi connectivity index (χ3v) is 3.00. The number of aromatic nitrogens is 2. The second-order valence-electron chi connectivity index (χ2n) is 4.35. The Hall–Kier alpha value is -1.92. The van der Waals surface area contributed by atoms with Crippen molar-refractivity contribution in [3.63, 3.8) is 0 Å². The first-order chi connectivity index (χ1) is 10.2. The largest absolute Gasteiger partial charge is 0.421 e. The first-order valence-corrected chi connectivity index (χ1v) is 6.91. The van der Waals surface area contributed by atoms with Gasteiger partial charge in [0.1, 0.15) is 0 Å². The van der Waals surface area contributed by atoms with Crippen molar-refractivity contribution in [2.45, 2.75) is 12.8 Å². The third-order valence-electron chi connectivity index (χ3n) is 2.75. The molecular weight excluding hydrogens is 294 g/mol. The van der Waals surface area contributed by atoms with Crippen LogP contribution in [0.15, 0.2) is 28.7 Å². The van der Waals surface area contributed by atoms with Crippen molar-refractivity contribution in [3.05, 3.63) is 35.2 Å². The third kappa shape index (κ3) is 4.84. The predicted octanol–water partition coefficient (Wildman–Crippen LogP) is 2.09. The summed E-state index contributed by atoms with van der Waals surface area (Å²) in [5, 5.41) is 11.3. The minimum atomic E-state index is -0.0710. The molecule has 0 aliphatic carbocycles. The van der Waals surface area contributed by atoms with Crippen LogP contribution in [0, 0.1) is 0 Å². The molecule has 21 heavy (non-hydrogen) atoms. The summed E-state index contributed by atoms with van der Waals surface area (Å²) < 4.78 is 10.4. The number of benzene rings is 1. The maximum atomic E-state index is 11.5. The van der Waals surface area contributed by atoms with Crippen LogP contribution in [0.2, 0.25) is 5.02 Å². The van der Waals surface area contributed by atoms with E-state index in [-0.39, 0.29) is 5.91 Å². The van der Waals surface area contributed by atoms with E-state index in [2.05, 4.69) is 15.5 Å². The molecule has 0 atom stereocenters. The zero-order chi connectivity index (χ0) is 15.1. The molecule has 0 saturated heterocycles. The van der Waals surface area contributed by atoms with Gasteiger partial charge in [-0.05, 0) is 24.3 Å². The van der Waals surface area contributed by atoms with E-state index >= 15 is 0 Å². The molecule has 7 heteroatoms. The van der Waals surface area contributed by atoms with Crippen LogP contribution < -0.4 is 5.32 Å². The number of halogens is 1. The molecule has 0 spiro atoms. The fourth-order valence-electron chi connectivity index (χ4n) is 1.67. The van der Waals surface area contributed by atoms with Crippen LogP contribution in [0.4, 0.5) is 0 Å². The highest BCUT2D eigenvalue weighted by Crippen LogP contribution is 2.20. The number of hydrogen-bond donors (Lipinski definition) is 1. The summed E-state index contributed by atoms with van der Waals surface area (Å²) in [6, 6.07) is 7.11. The van der Waals surface area contributed by atoms with Gasteiger partial charge in [-0.25, -0.2) is 0 Å². The Bertz CT molecular complexity index is 583. The molecule has 112 valence electrons. The lowest BCUT2D eigenvalue weighted by atomic mass is 10.2. The normalized spacial score (nSPS) is 10.6. The van der Waals surface area contributed by atoms with Crippen LogP contribution in [0.5, 0.6) is 0 Å². The van der Waals surface area contributed by atoms with Crippen LogP contribution >= 0.6 is 11.6 Å². The van der Waals surface area contributed by atoms with Crippen molar-refractivity contribution in [1.29, 1.82) is 0 Å². The van der Waals surface area contributed by atoms with E-state index in [1.165, 1.54) is 0 Å². The average molecular weight is 310 g/mol. The van der Waals surface area contributed by atoms with E-state index in [1.807, 2.05) is 0 Å². The fourth-order valence-corrected chi connectivity index (χ4v) is 1.79. The maximum absolute atomic E-state index is 11.5. The van der Waals surface area contributed by atoms with Crippen LogP contribution in [-0.4, -0.2) is 36.4 Å². The van der Waals surface area contributed by atoms with Crippen molar-refractivity contribution >= 4 is 17.5 Å². The number of hydrogen-bond acceptors (Lipinski definition) is 5. The number of amides is 1. The molecule has 6 nitrogen and oxygen atoms in total. The smallest absolute Gasteiger partial charge is 0.247 e. The number of ether oxygens (including phenoxy) is 1. The molecule has 0 aliphatic rings. The Balaban J connectivity index is 1.86. The van der Waals surface area contributed by atoms with Gasteiger partial charge in [0.25, 0.3) is 0 Å². The maximum Gasteiger partial charge on any atom is 0.247 e. The van der Waals surface area contributed by atoms with Gasteiger partial charge in [-0.3, -0.25) is 4.79 Å². The molecule has 0 aliphatic heterocycles. The molecule has 0 unspecified atom stereocenters. The van der Waals surface area contributed by atoms with Crippen molar-refractivity contribution in [2.24, 2.45) is 0 Å². The predicted molar refractivity (Wildman–Crippen MR) is 78.0 cm³/mol. The Morgan fingerprint density at radius 1 is 1.33 bits per heavy atom. The lowest BCUT2D eigenvalue weighted by Crippen LogP contribution is -2.27. The number of aryl methyl sites for hydroxylation is 1. The van der Waals surface area contributed by atoms with E-state index in [0.717, 1.165) is 5.56 Å². The van der Waals surface area contributed by atoms with E-state index in [9.17, 15) is 4.79 Å². The number of methoxy groups -OCH3 is 1. The van der Waals surface area contributed by atoms with Gasteiger partial charge in [-0.1, -0.05) is 11.6 Å². The van der Waals surface area contributed by atoms with Gasteiger partial charge in [0.05, 0.1) is 6.61 Å². The van der Waals surface area contributed by atoms with Crippen molar-refractivity contribution in [1.82, 2.24) is 15.5 Å². The first kappa shape index (κ1) is 15.5. The van der Waals surface area contributed by atoms with Gasteiger partial charge >= 0.3 is 0 Å². The van der Waals surface area contributed by atoms with E-state index < -0.39 is 0 Å². The summed E-state index contributed by atoms with van der Waals surface area (Å²) in [5.41, 5.74) is 0.794. The van der Waals surface area contributed by atoms with E-state index in [4.69, 9.17) is 20.8 Å². The average Bonchev–Trinajstić information content (AvgIpc) is 2.95. The fraction of sp³-hybridized carbons (Fsp3) is 0.357. The summed E-state index contributed by atoms with van der Waals surface area (Å²) in [4.78, 5) is 11.5. The molecule has 2 aromatic rings. The zero-order valence-corrected chi connectivity index (χ0v) is 12.4. The quantitative estimate of drug-likeness (QED) is 0.792. The minimum Gasteiger partial charge on any atom is -0.421 e. The van der Waals surface area contributed by atoms with Crippen LogP contribution in [0.25, 0.3) is 11.5 Å². The van der Waals surface area contributed by atoms with Gasteiger partial charge in [0.2, 0.25) is 17.7 Å². The molecule has 0 radical (unpaired) electrons. The lowest BCUT2D eigenvalue weighted by molar-refractivity contribution is -0.121. The molecule has 1 N–H and O–H groups in total. The standard InChI is InChI=1S/C14H16ClN3O3/c1-20-9-8-16-12(19)6-7-13-17-18-14(21-13)10-2-4-11(15)5-3-10/h2-5H,6-9H2,1H3,(H,16,19). The number of nitrogens with one attached hydrogen (secondary N) is 1. The molecule has 1 heterocycles. The second kappa shape index (κ2) is 7.75. The number of rotatable bonds is 7. The zero-order valence-electron chi connectivity index (χ0n) is 11.6. The molecule has 0 saturated carbocycles. The van der Waals surface area contributed by atoms with Crippen molar-refractivity contribution in [2.75, 3.05) is 20.3 Å². The van der Waals surface area contributed by atoms with E-state index in [0.29, 0.717) is 42.8 Å². The number of carbonyl (C=O) groups is 1. The Labute approximate surface area is 127 Å². The molecule has 0 fully saturated rings. The molecule has 2 rings (SSSR count). The minimum absolute atomic E-state index is 0.0710. The monoisotopic (exact) mass is 309 g/mol. The summed E-state index contributed by atoms with van der Waals surface area (Å²) in [6.45, 7) is 0.988. The van der Waals surface area contributed by atoms with Crippen LogP contribution in [0.1, 0.15) is 12.3 Å². The van der Waals surface area contributed by atoms with Gasteiger partial charge in [-0.2, -0.15) is 0 Å². The topological polar surface area (TPSA) is 77.2 Å². The highest BCUT2D eigenvalue weighted by molar-refractivity contribution is 6.30. The van der Waals surface area contributed by atoms with Crippen molar-refractivity contribution < 1.29 is 13.9 Å². The summed E-state index contributed by atoms with van der Waals surface area (Å²) in [6.07, 6.45) is 0.700. The molecule has 0 bridgehead atoms. The lowest BCUT2D eigenvalue weighted by Gasteiger charge is -2.02. The molecular formula is C14H16ClN3O3. The Kier molecular flexibility index (Phi) is 5.71.